The van der Waals surface area contributed by atoms with Crippen molar-refractivity contribution >= 4 is 35.1 Å². The molecule has 2 atom stereocenters. The molecular weight excluding hydrogens is 279 g/mol. The van der Waals surface area contributed by atoms with Gasteiger partial charge in [-0.1, -0.05) is 29.3 Å². The summed E-state index contributed by atoms with van der Waals surface area (Å²) in [5, 5.41) is 0.796. The highest BCUT2D eigenvalue weighted by Crippen LogP contribution is 2.46. The Bertz CT molecular complexity index is 557. The van der Waals surface area contributed by atoms with Gasteiger partial charge < -0.3 is 9.47 Å². The second kappa shape index (κ2) is 3.95. The van der Waals surface area contributed by atoms with Gasteiger partial charge in [0.05, 0.1) is 0 Å². The van der Waals surface area contributed by atoms with Crippen molar-refractivity contribution in [2.24, 2.45) is 0 Å². The van der Waals surface area contributed by atoms with Crippen LogP contribution in [0.1, 0.15) is 18.4 Å². The lowest BCUT2D eigenvalue weighted by atomic mass is 9.91. The first kappa shape index (κ1) is 12.0. The third-order valence-electron chi connectivity index (χ3n) is 3.25. The summed E-state index contributed by atoms with van der Waals surface area (Å²) in [5.74, 6) is -1.33. The molecule has 4 nitrogen and oxygen atoms in total. The molecule has 18 heavy (non-hydrogen) atoms. The van der Waals surface area contributed by atoms with E-state index in [4.69, 9.17) is 32.7 Å². The number of esters is 2. The molecule has 0 spiro atoms. The number of rotatable bonds is 1. The Morgan fingerprint density at radius 3 is 2.78 bits per heavy atom. The molecule has 0 aliphatic carbocycles. The lowest BCUT2D eigenvalue weighted by Gasteiger charge is -2.31. The van der Waals surface area contributed by atoms with E-state index in [1.54, 1.807) is 12.1 Å². The Labute approximate surface area is 113 Å². The van der Waals surface area contributed by atoms with Gasteiger partial charge in [0, 0.05) is 15.6 Å². The van der Waals surface area contributed by atoms with Gasteiger partial charge >= 0.3 is 11.9 Å². The van der Waals surface area contributed by atoms with Crippen molar-refractivity contribution in [3.8, 4) is 0 Å². The third kappa shape index (κ3) is 1.56. The zero-order valence-electron chi connectivity index (χ0n) is 9.11. The van der Waals surface area contributed by atoms with Gasteiger partial charge in [0.15, 0.2) is 11.7 Å². The summed E-state index contributed by atoms with van der Waals surface area (Å²) < 4.78 is 10.3. The van der Waals surface area contributed by atoms with Crippen molar-refractivity contribution in [1.29, 1.82) is 0 Å². The smallest absolute Gasteiger partial charge is 0.350 e. The second-order valence-corrected chi connectivity index (χ2v) is 5.15. The van der Waals surface area contributed by atoms with Crippen LogP contribution in [0.2, 0.25) is 10.0 Å². The lowest BCUT2D eigenvalue weighted by molar-refractivity contribution is -0.201. The minimum absolute atomic E-state index is 0.328. The molecule has 0 N–H and O–H groups in total. The van der Waals surface area contributed by atoms with Crippen molar-refractivity contribution in [3.63, 3.8) is 0 Å². The van der Waals surface area contributed by atoms with E-state index < -0.39 is 23.6 Å². The highest BCUT2D eigenvalue weighted by atomic mass is 35.5. The minimum Gasteiger partial charge on any atom is -0.389 e. The Kier molecular flexibility index (Phi) is 2.62. The van der Waals surface area contributed by atoms with Gasteiger partial charge in [-0.3, -0.25) is 0 Å². The number of carbonyl (C=O) groups excluding carboxylic acids is 2. The number of ether oxygens (including phenoxy) is 2. The number of halogens is 2. The molecule has 2 heterocycles. The maximum atomic E-state index is 12.0. The summed E-state index contributed by atoms with van der Waals surface area (Å²) in [4.78, 5) is 23.3. The fourth-order valence-corrected chi connectivity index (χ4v) is 2.94. The van der Waals surface area contributed by atoms with Gasteiger partial charge in [-0.05, 0) is 25.0 Å². The molecule has 1 aromatic carbocycles. The highest BCUT2D eigenvalue weighted by Gasteiger charge is 2.57. The molecule has 0 radical (unpaired) electrons. The predicted molar refractivity (Wildman–Crippen MR) is 63.3 cm³/mol. The molecule has 0 saturated carbocycles. The molecule has 2 bridgehead atoms. The summed E-state index contributed by atoms with van der Waals surface area (Å²) in [5.41, 5.74) is -0.770. The SMILES string of the molecule is O=C1OC(=O)C2(c3ccc(Cl)cc3Cl)CCC1O2. The van der Waals surface area contributed by atoms with Crippen molar-refractivity contribution < 1.29 is 19.1 Å². The number of cyclic esters (lactones) is 2. The average molecular weight is 287 g/mol. The Morgan fingerprint density at radius 2 is 2.06 bits per heavy atom. The molecule has 2 saturated heterocycles. The third-order valence-corrected chi connectivity index (χ3v) is 3.80. The monoisotopic (exact) mass is 286 g/mol. The van der Waals surface area contributed by atoms with Crippen molar-refractivity contribution in [2.75, 3.05) is 0 Å². The van der Waals surface area contributed by atoms with E-state index in [0.717, 1.165) is 0 Å². The molecule has 2 fully saturated rings. The van der Waals surface area contributed by atoms with Crippen molar-refractivity contribution in [2.45, 2.75) is 24.5 Å². The fraction of sp³-hybridized carbons (Fsp3) is 0.333. The van der Waals surface area contributed by atoms with Gasteiger partial charge in [0.25, 0.3) is 0 Å². The second-order valence-electron chi connectivity index (χ2n) is 4.30. The molecule has 2 aliphatic heterocycles. The van der Waals surface area contributed by atoms with Gasteiger partial charge in [-0.15, -0.1) is 0 Å². The van der Waals surface area contributed by atoms with Gasteiger partial charge in [0.2, 0.25) is 0 Å². The summed E-state index contributed by atoms with van der Waals surface area (Å²) >= 11 is 11.9. The van der Waals surface area contributed by atoms with Crippen LogP contribution < -0.4 is 0 Å². The van der Waals surface area contributed by atoms with Crippen LogP contribution in [0.5, 0.6) is 0 Å². The van der Waals surface area contributed by atoms with E-state index in [0.29, 0.717) is 28.5 Å². The van der Waals surface area contributed by atoms with Crippen LogP contribution >= 0.6 is 23.2 Å². The zero-order chi connectivity index (χ0) is 12.9. The number of hydrogen-bond acceptors (Lipinski definition) is 4. The van der Waals surface area contributed by atoms with E-state index in [2.05, 4.69) is 0 Å². The molecule has 6 heteroatoms. The van der Waals surface area contributed by atoms with E-state index in [-0.39, 0.29) is 0 Å². The van der Waals surface area contributed by atoms with Crippen molar-refractivity contribution in [3.05, 3.63) is 33.8 Å². The van der Waals surface area contributed by atoms with Crippen LogP contribution in [0.25, 0.3) is 0 Å². The Balaban J connectivity index is 2.10. The molecule has 94 valence electrons. The maximum absolute atomic E-state index is 12.0. The molecule has 2 aliphatic rings. The summed E-state index contributed by atoms with van der Waals surface area (Å²) in [6, 6.07) is 4.79. The highest BCUT2D eigenvalue weighted by molar-refractivity contribution is 6.35. The quantitative estimate of drug-likeness (QED) is 0.588. The molecule has 0 aromatic heterocycles. The normalized spacial score (nSPS) is 30.4. The van der Waals surface area contributed by atoms with E-state index in [1.807, 2.05) is 0 Å². The standard InChI is InChI=1S/C12H8Cl2O4/c13-6-1-2-7(8(14)5-6)12-4-3-9(18-12)10(15)17-11(12)16/h1-2,5,9H,3-4H2. The van der Waals surface area contributed by atoms with E-state index >= 15 is 0 Å². The maximum Gasteiger partial charge on any atom is 0.350 e. The number of carbonyl (C=O) groups is 2. The number of benzene rings is 1. The first-order chi connectivity index (χ1) is 8.53. The van der Waals surface area contributed by atoms with Crippen molar-refractivity contribution in [1.82, 2.24) is 0 Å². The average Bonchev–Trinajstić information content (AvgIpc) is 2.70. The van der Waals surface area contributed by atoms with Gasteiger partial charge in [-0.25, -0.2) is 9.59 Å². The van der Waals surface area contributed by atoms with Crippen LogP contribution in [0.3, 0.4) is 0 Å². The molecular formula is C12H8Cl2O4. The first-order valence-corrected chi connectivity index (χ1v) is 6.18. The summed E-state index contributed by atoms with van der Waals surface area (Å²) in [6.45, 7) is 0. The largest absolute Gasteiger partial charge is 0.389 e. The first-order valence-electron chi connectivity index (χ1n) is 5.42. The van der Waals surface area contributed by atoms with Crippen LogP contribution in [0.4, 0.5) is 0 Å². The number of hydrogen-bond donors (Lipinski definition) is 0. The Hall–Kier alpha value is -1.10. The van der Waals surface area contributed by atoms with Crippen LogP contribution in [-0.4, -0.2) is 18.0 Å². The minimum atomic E-state index is -1.26. The van der Waals surface area contributed by atoms with Crippen LogP contribution in [0.15, 0.2) is 18.2 Å². The molecule has 3 rings (SSSR count). The Morgan fingerprint density at radius 1 is 1.28 bits per heavy atom. The van der Waals surface area contributed by atoms with Crippen LogP contribution in [-0.2, 0) is 24.7 Å². The van der Waals surface area contributed by atoms with Gasteiger partial charge in [0.1, 0.15) is 0 Å². The summed E-state index contributed by atoms with van der Waals surface area (Å²) in [7, 11) is 0. The zero-order valence-corrected chi connectivity index (χ0v) is 10.6. The van der Waals surface area contributed by atoms with Crippen LogP contribution in [0, 0.1) is 0 Å². The topological polar surface area (TPSA) is 52.6 Å². The molecule has 0 amide bonds. The number of fused-ring (bicyclic) bond motifs is 2. The van der Waals surface area contributed by atoms with Gasteiger partial charge in [-0.2, -0.15) is 0 Å². The van der Waals surface area contributed by atoms with E-state index in [1.165, 1.54) is 6.07 Å². The van der Waals surface area contributed by atoms with E-state index in [9.17, 15) is 9.59 Å². The fourth-order valence-electron chi connectivity index (χ4n) is 2.38. The lowest BCUT2D eigenvalue weighted by Crippen LogP contribution is -2.45. The summed E-state index contributed by atoms with van der Waals surface area (Å²) in [6.07, 6.45) is 0.141. The molecule has 1 aromatic rings. The predicted octanol–water partition coefficient (Wildman–Crippen LogP) is 2.45. The molecule has 2 unspecified atom stereocenters.